The van der Waals surface area contributed by atoms with Crippen LogP contribution in [0.4, 0.5) is 0 Å². The zero-order valence-electron chi connectivity index (χ0n) is 22.5. The summed E-state index contributed by atoms with van der Waals surface area (Å²) >= 11 is 0. The molecule has 5 rings (SSSR count). The van der Waals surface area contributed by atoms with Crippen molar-refractivity contribution in [3.63, 3.8) is 0 Å². The molecule has 200 valence electrons. The van der Waals surface area contributed by atoms with E-state index >= 15 is 0 Å². The number of aliphatic carboxylic acids is 1. The maximum Gasteiger partial charge on any atom is 0.321 e. The van der Waals surface area contributed by atoms with Crippen molar-refractivity contribution in [2.45, 2.75) is 63.8 Å². The minimum Gasteiger partial charge on any atom is -0.480 e. The Kier molecular flexibility index (Phi) is 11.3. The first-order valence-electron chi connectivity index (χ1n) is 14.6. The second-order valence-electron chi connectivity index (χ2n) is 11.3. The summed E-state index contributed by atoms with van der Waals surface area (Å²) in [4.78, 5) is 17.0. The molecule has 0 bridgehead atoms. The van der Waals surface area contributed by atoms with E-state index in [4.69, 9.17) is 0 Å². The molecular formula is C33H46N2O2. The highest BCUT2D eigenvalue weighted by Crippen LogP contribution is 2.32. The molecule has 37 heavy (non-hydrogen) atoms. The lowest BCUT2D eigenvalue weighted by Crippen LogP contribution is -2.46. The van der Waals surface area contributed by atoms with Crippen molar-refractivity contribution >= 4 is 12.0 Å². The van der Waals surface area contributed by atoms with Crippen molar-refractivity contribution in [2.24, 2.45) is 17.8 Å². The average Bonchev–Trinajstić information content (AvgIpc) is 3.40. The fourth-order valence-corrected chi connectivity index (χ4v) is 6.49. The van der Waals surface area contributed by atoms with Crippen LogP contribution in [0.1, 0.15) is 63.4 Å². The minimum atomic E-state index is -0.586. The molecule has 0 amide bonds. The van der Waals surface area contributed by atoms with E-state index in [9.17, 15) is 9.90 Å². The molecule has 3 fully saturated rings. The van der Waals surface area contributed by atoms with Gasteiger partial charge >= 0.3 is 5.97 Å². The Balaban J connectivity index is 0.000000469. The highest BCUT2D eigenvalue weighted by atomic mass is 16.4. The number of benzene rings is 2. The lowest BCUT2D eigenvalue weighted by atomic mass is 9.83. The number of carboxylic acids is 1. The van der Waals surface area contributed by atoms with E-state index in [1.807, 2.05) is 36.4 Å². The summed E-state index contributed by atoms with van der Waals surface area (Å²) in [5, 5.41) is 9.91. The molecule has 1 N–H and O–H groups in total. The molecule has 0 aromatic heterocycles. The van der Waals surface area contributed by atoms with Crippen molar-refractivity contribution in [3.8, 4) is 0 Å². The summed E-state index contributed by atoms with van der Waals surface area (Å²) in [6.07, 6.45) is 15.4. The van der Waals surface area contributed by atoms with Gasteiger partial charge in [-0.05, 0) is 81.5 Å². The molecule has 0 spiro atoms. The number of allylic oxidation sites excluding steroid dienone is 1. The monoisotopic (exact) mass is 502 g/mol. The van der Waals surface area contributed by atoms with Gasteiger partial charge in [0.2, 0.25) is 0 Å². The number of hydrogen-bond acceptors (Lipinski definition) is 3. The molecule has 2 unspecified atom stereocenters. The fraction of sp³-hybridized carbons (Fsp3) is 0.545. The maximum absolute atomic E-state index is 12.0. The van der Waals surface area contributed by atoms with Gasteiger partial charge in [-0.3, -0.25) is 9.69 Å². The Morgan fingerprint density at radius 3 is 2.03 bits per heavy atom. The number of likely N-dealkylation sites (tertiary alicyclic amines) is 2. The van der Waals surface area contributed by atoms with Gasteiger partial charge in [0.05, 0.1) is 0 Å². The van der Waals surface area contributed by atoms with Crippen LogP contribution in [-0.4, -0.2) is 59.6 Å². The van der Waals surface area contributed by atoms with Gasteiger partial charge in [-0.2, -0.15) is 0 Å². The fourth-order valence-electron chi connectivity index (χ4n) is 6.49. The lowest BCUT2D eigenvalue weighted by molar-refractivity contribution is -0.145. The summed E-state index contributed by atoms with van der Waals surface area (Å²) in [5.74, 6) is 1.22. The molecule has 1 saturated carbocycles. The Morgan fingerprint density at radius 1 is 0.811 bits per heavy atom. The van der Waals surface area contributed by atoms with Crippen LogP contribution in [0.25, 0.3) is 6.08 Å². The Bertz CT molecular complexity index is 891. The molecule has 3 aliphatic rings. The molecular weight excluding hydrogens is 456 g/mol. The normalized spacial score (nSPS) is 23.0. The van der Waals surface area contributed by atoms with Crippen LogP contribution >= 0.6 is 0 Å². The highest BCUT2D eigenvalue weighted by molar-refractivity contribution is 5.74. The summed E-state index contributed by atoms with van der Waals surface area (Å²) < 4.78 is 0. The summed E-state index contributed by atoms with van der Waals surface area (Å²) in [5.41, 5.74) is 1.29. The third-order valence-electron chi connectivity index (χ3n) is 8.53. The maximum atomic E-state index is 12.0. The van der Waals surface area contributed by atoms with Crippen molar-refractivity contribution < 1.29 is 9.90 Å². The van der Waals surface area contributed by atoms with E-state index < -0.39 is 5.97 Å². The SMILES string of the molecule is O=C(O)C(C1CCCCC1)N1CCC(CN2CCC(C/C=C\c3ccccc3)CC2)C1.c1ccccc1. The molecule has 2 heterocycles. The Hall–Kier alpha value is -2.43. The largest absolute Gasteiger partial charge is 0.480 e. The van der Waals surface area contributed by atoms with Gasteiger partial charge in [0, 0.05) is 13.1 Å². The van der Waals surface area contributed by atoms with Gasteiger partial charge < -0.3 is 10.0 Å². The van der Waals surface area contributed by atoms with Gasteiger partial charge in [0.1, 0.15) is 6.04 Å². The van der Waals surface area contributed by atoms with Gasteiger partial charge in [-0.15, -0.1) is 0 Å². The van der Waals surface area contributed by atoms with Crippen molar-refractivity contribution in [1.29, 1.82) is 0 Å². The number of nitrogens with zero attached hydrogens (tertiary/aromatic N) is 2. The van der Waals surface area contributed by atoms with E-state index in [-0.39, 0.29) is 6.04 Å². The Morgan fingerprint density at radius 2 is 1.41 bits per heavy atom. The number of piperidine rings is 1. The van der Waals surface area contributed by atoms with Crippen LogP contribution in [0.15, 0.2) is 72.8 Å². The second-order valence-corrected chi connectivity index (χ2v) is 11.3. The summed E-state index contributed by atoms with van der Waals surface area (Å²) in [6, 6.07) is 22.3. The van der Waals surface area contributed by atoms with E-state index in [0.717, 1.165) is 44.8 Å². The molecule has 2 atom stereocenters. The number of carboxylic acid groups (broad SMARTS) is 1. The summed E-state index contributed by atoms with van der Waals surface area (Å²) in [7, 11) is 0. The van der Waals surface area contributed by atoms with Crippen molar-refractivity contribution in [3.05, 3.63) is 78.4 Å². The predicted molar refractivity (Wildman–Crippen MR) is 153 cm³/mol. The van der Waals surface area contributed by atoms with Gasteiger partial charge in [0.15, 0.2) is 0 Å². The van der Waals surface area contributed by atoms with Crippen LogP contribution in [-0.2, 0) is 4.79 Å². The molecule has 2 aromatic rings. The van der Waals surface area contributed by atoms with E-state index in [1.165, 1.54) is 57.2 Å². The number of carbonyl (C=O) groups is 1. The van der Waals surface area contributed by atoms with Crippen LogP contribution in [0.2, 0.25) is 0 Å². The third-order valence-corrected chi connectivity index (χ3v) is 8.53. The molecule has 2 aromatic carbocycles. The first kappa shape index (κ1) is 27.6. The molecule has 0 radical (unpaired) electrons. The topological polar surface area (TPSA) is 43.8 Å². The number of rotatable bonds is 8. The second kappa shape index (κ2) is 15.1. The number of hydrogen-bond donors (Lipinski definition) is 1. The van der Waals surface area contributed by atoms with Crippen LogP contribution < -0.4 is 0 Å². The van der Waals surface area contributed by atoms with Crippen LogP contribution in [0, 0.1) is 17.8 Å². The van der Waals surface area contributed by atoms with Gasteiger partial charge in [0.25, 0.3) is 0 Å². The van der Waals surface area contributed by atoms with E-state index in [1.54, 1.807) is 0 Å². The molecule has 1 aliphatic carbocycles. The minimum absolute atomic E-state index is 0.243. The van der Waals surface area contributed by atoms with Crippen molar-refractivity contribution in [1.82, 2.24) is 9.80 Å². The molecule has 4 heteroatoms. The zero-order valence-corrected chi connectivity index (χ0v) is 22.5. The van der Waals surface area contributed by atoms with Crippen LogP contribution in [0.5, 0.6) is 0 Å². The van der Waals surface area contributed by atoms with Gasteiger partial charge in [-0.1, -0.05) is 98.1 Å². The molecule has 2 saturated heterocycles. The van der Waals surface area contributed by atoms with Crippen LogP contribution in [0.3, 0.4) is 0 Å². The van der Waals surface area contributed by atoms with E-state index in [2.05, 4.69) is 52.3 Å². The van der Waals surface area contributed by atoms with Crippen molar-refractivity contribution in [2.75, 3.05) is 32.7 Å². The standard InChI is InChI=1S/C27H40N2O2.C6H6/c30-27(31)26(25-12-5-2-6-13-25)29-19-16-24(21-29)20-28-17-14-23(15-18-28)11-7-10-22-8-3-1-4-9-22;1-2-4-6-5-3-1/h1,3-4,7-10,23-26H,2,5-6,11-21H2,(H,30,31);1-6H/b10-7-;. The zero-order chi connectivity index (χ0) is 25.7. The smallest absolute Gasteiger partial charge is 0.321 e. The molecule has 2 aliphatic heterocycles. The van der Waals surface area contributed by atoms with E-state index in [0.29, 0.717) is 11.8 Å². The third kappa shape index (κ3) is 9.12. The lowest BCUT2D eigenvalue weighted by Gasteiger charge is -2.35. The molecule has 4 nitrogen and oxygen atoms in total. The summed E-state index contributed by atoms with van der Waals surface area (Å²) in [6.45, 7) is 5.50. The quantitative estimate of drug-likeness (QED) is 0.429. The first-order chi connectivity index (χ1) is 18.2. The first-order valence-corrected chi connectivity index (χ1v) is 14.6. The highest BCUT2D eigenvalue weighted by Gasteiger charge is 2.38. The predicted octanol–water partition coefficient (Wildman–Crippen LogP) is 6.84. The average molecular weight is 503 g/mol. The van der Waals surface area contributed by atoms with Gasteiger partial charge in [-0.25, -0.2) is 0 Å². The Labute approximate surface area is 224 Å².